The van der Waals surface area contributed by atoms with Gasteiger partial charge in [-0.1, -0.05) is 103 Å². The van der Waals surface area contributed by atoms with Gasteiger partial charge in [0.1, 0.15) is 11.2 Å². The predicted octanol–water partition coefficient (Wildman–Crippen LogP) is 8.81. The highest BCUT2D eigenvalue weighted by Gasteiger charge is 2.20. The summed E-state index contributed by atoms with van der Waals surface area (Å²) in [5.41, 5.74) is 7.63. The van der Waals surface area contributed by atoms with Crippen molar-refractivity contribution in [3.05, 3.63) is 128 Å². The maximum atomic E-state index is 5.97. The van der Waals surface area contributed by atoms with Gasteiger partial charge in [-0.2, -0.15) is 0 Å². The van der Waals surface area contributed by atoms with E-state index in [2.05, 4.69) is 108 Å². The van der Waals surface area contributed by atoms with Gasteiger partial charge in [0.15, 0.2) is 5.58 Å². The van der Waals surface area contributed by atoms with E-state index >= 15 is 0 Å². The van der Waals surface area contributed by atoms with E-state index in [1.54, 1.807) is 6.26 Å². The van der Waals surface area contributed by atoms with Gasteiger partial charge < -0.3 is 4.42 Å². The predicted molar refractivity (Wildman–Crippen MR) is 155 cm³/mol. The van der Waals surface area contributed by atoms with Crippen molar-refractivity contribution < 1.29 is 4.42 Å². The topological polar surface area (TPSA) is 43.9 Å². The first-order valence-corrected chi connectivity index (χ1v) is 12.7. The van der Waals surface area contributed by atoms with Crippen molar-refractivity contribution in [3.63, 3.8) is 0 Å². The second kappa shape index (κ2) is 8.15. The Bertz CT molecular complexity index is 2140. The van der Waals surface area contributed by atoms with Crippen LogP contribution in [0.2, 0.25) is 0 Å². The van der Waals surface area contributed by atoms with Crippen molar-refractivity contribution in [2.45, 2.75) is 0 Å². The molecule has 0 fully saturated rings. The minimum Gasteiger partial charge on any atom is -0.460 e. The summed E-state index contributed by atoms with van der Waals surface area (Å²) in [4.78, 5) is 10.2. The summed E-state index contributed by atoms with van der Waals surface area (Å²) in [6.45, 7) is 0. The molecule has 3 heterocycles. The third-order valence-corrected chi connectivity index (χ3v) is 7.32. The summed E-state index contributed by atoms with van der Waals surface area (Å²) in [6.07, 6.45) is 1.69. The van der Waals surface area contributed by atoms with E-state index in [-0.39, 0.29) is 0 Å². The number of hydrogen-bond donors (Lipinski definition) is 0. The van der Waals surface area contributed by atoms with Crippen LogP contribution in [0.15, 0.2) is 132 Å². The van der Waals surface area contributed by atoms with Crippen LogP contribution < -0.4 is 0 Å². The van der Waals surface area contributed by atoms with E-state index in [4.69, 9.17) is 14.4 Å². The van der Waals surface area contributed by atoms with Gasteiger partial charge >= 0.3 is 0 Å². The van der Waals surface area contributed by atoms with Gasteiger partial charge in [0.2, 0.25) is 5.95 Å². The van der Waals surface area contributed by atoms with Crippen LogP contribution in [0.5, 0.6) is 0 Å². The zero-order valence-electron chi connectivity index (χ0n) is 20.4. The van der Waals surface area contributed by atoms with E-state index in [0.717, 1.165) is 38.9 Å². The van der Waals surface area contributed by atoms with Crippen LogP contribution in [0.1, 0.15) is 0 Å². The van der Waals surface area contributed by atoms with E-state index in [0.29, 0.717) is 11.5 Å². The van der Waals surface area contributed by atoms with Crippen molar-refractivity contribution >= 4 is 43.7 Å². The van der Waals surface area contributed by atoms with Crippen molar-refractivity contribution in [1.82, 2.24) is 14.5 Å². The minimum absolute atomic E-state index is 0.623. The number of rotatable bonds is 3. The summed E-state index contributed by atoms with van der Waals surface area (Å²) in [5.74, 6) is 0.623. The number of hydrogen-bond acceptors (Lipinski definition) is 3. The number of aromatic nitrogens is 3. The fourth-order valence-corrected chi connectivity index (χ4v) is 5.65. The van der Waals surface area contributed by atoms with Gasteiger partial charge in [-0.15, -0.1) is 0 Å². The molecular weight excluding hydrogens is 466 g/mol. The maximum Gasteiger partial charge on any atom is 0.236 e. The van der Waals surface area contributed by atoms with Crippen LogP contribution in [0.25, 0.3) is 72.0 Å². The lowest BCUT2D eigenvalue weighted by Gasteiger charge is -2.12. The SMILES string of the molecule is c1ccc(-c2ccccc2-c2nc(-n3c4ccccc4c4c5ccccc5ccc43)nc3ccoc23)cc1. The fourth-order valence-electron chi connectivity index (χ4n) is 5.65. The molecule has 5 aromatic carbocycles. The number of fused-ring (bicyclic) bond motifs is 6. The molecule has 0 unspecified atom stereocenters. The first-order valence-electron chi connectivity index (χ1n) is 12.7. The van der Waals surface area contributed by atoms with Gasteiger partial charge in [-0.05, 0) is 34.0 Å². The van der Waals surface area contributed by atoms with Gasteiger partial charge in [-0.3, -0.25) is 4.57 Å². The highest BCUT2D eigenvalue weighted by molar-refractivity contribution is 6.21. The molecule has 0 amide bonds. The second-order valence-electron chi connectivity index (χ2n) is 9.45. The molecule has 4 heteroatoms. The molecule has 38 heavy (non-hydrogen) atoms. The van der Waals surface area contributed by atoms with Crippen molar-refractivity contribution in [2.75, 3.05) is 0 Å². The highest BCUT2D eigenvalue weighted by Crippen LogP contribution is 2.39. The van der Waals surface area contributed by atoms with Gasteiger partial charge in [0.05, 0.1) is 17.3 Å². The summed E-state index contributed by atoms with van der Waals surface area (Å²) < 4.78 is 8.14. The Kier molecular flexibility index (Phi) is 4.49. The Balaban J connectivity index is 1.47. The lowest BCUT2D eigenvalue weighted by molar-refractivity contribution is 0.614. The van der Waals surface area contributed by atoms with Gasteiger partial charge in [0, 0.05) is 22.4 Å². The zero-order chi connectivity index (χ0) is 25.1. The molecule has 0 spiro atoms. The van der Waals surface area contributed by atoms with Crippen LogP contribution in [-0.2, 0) is 0 Å². The zero-order valence-corrected chi connectivity index (χ0v) is 20.4. The highest BCUT2D eigenvalue weighted by atomic mass is 16.3. The molecule has 8 rings (SSSR count). The third-order valence-electron chi connectivity index (χ3n) is 7.32. The van der Waals surface area contributed by atoms with Crippen LogP contribution in [-0.4, -0.2) is 14.5 Å². The smallest absolute Gasteiger partial charge is 0.236 e. The molecule has 0 saturated carbocycles. The van der Waals surface area contributed by atoms with Crippen LogP contribution in [0, 0.1) is 0 Å². The van der Waals surface area contributed by atoms with Gasteiger partial charge in [-0.25, -0.2) is 9.97 Å². The largest absolute Gasteiger partial charge is 0.460 e. The number of benzene rings is 5. The standard InChI is InChI=1S/C34H21N3O/c1-2-10-22(11-3-1)24-13-6-7-15-26(24)32-33-28(20-21-38-33)35-34(36-32)37-29-17-9-8-16-27(29)31-25-14-5-4-12-23(25)18-19-30(31)37/h1-21H. The molecule has 0 aliphatic carbocycles. The first kappa shape index (κ1) is 20.9. The molecule has 3 aromatic heterocycles. The molecule has 0 radical (unpaired) electrons. The lowest BCUT2D eigenvalue weighted by atomic mass is 9.97. The summed E-state index contributed by atoms with van der Waals surface area (Å²) in [6, 6.07) is 42.0. The molecule has 0 atom stereocenters. The maximum absolute atomic E-state index is 5.97. The monoisotopic (exact) mass is 487 g/mol. The normalized spacial score (nSPS) is 11.7. The van der Waals surface area contributed by atoms with E-state index in [1.165, 1.54) is 21.5 Å². The lowest BCUT2D eigenvalue weighted by Crippen LogP contribution is -2.03. The Morgan fingerprint density at radius 1 is 0.553 bits per heavy atom. The number of para-hydroxylation sites is 1. The molecule has 0 saturated heterocycles. The minimum atomic E-state index is 0.623. The Morgan fingerprint density at radius 3 is 2.18 bits per heavy atom. The molecule has 4 nitrogen and oxygen atoms in total. The number of furan rings is 1. The molecule has 0 aliphatic heterocycles. The quantitative estimate of drug-likeness (QED) is 0.250. The van der Waals surface area contributed by atoms with Crippen molar-refractivity contribution in [2.24, 2.45) is 0 Å². The first-order chi connectivity index (χ1) is 18.9. The summed E-state index contributed by atoms with van der Waals surface area (Å²) in [5, 5.41) is 4.83. The molecule has 8 aromatic rings. The molecule has 178 valence electrons. The van der Waals surface area contributed by atoms with Gasteiger partial charge in [0.25, 0.3) is 0 Å². The number of nitrogens with zero attached hydrogens (tertiary/aromatic N) is 3. The average Bonchev–Trinajstić information content (AvgIpc) is 3.60. The van der Waals surface area contributed by atoms with Crippen LogP contribution in [0.3, 0.4) is 0 Å². The Hall–Kier alpha value is -5.22. The van der Waals surface area contributed by atoms with E-state index in [1.807, 2.05) is 18.2 Å². The second-order valence-corrected chi connectivity index (χ2v) is 9.45. The summed E-state index contributed by atoms with van der Waals surface area (Å²) in [7, 11) is 0. The molecular formula is C34H21N3O. The van der Waals surface area contributed by atoms with Crippen molar-refractivity contribution in [3.8, 4) is 28.3 Å². The molecule has 0 N–H and O–H groups in total. The van der Waals surface area contributed by atoms with Crippen molar-refractivity contribution in [1.29, 1.82) is 0 Å². The van der Waals surface area contributed by atoms with Crippen LogP contribution >= 0.6 is 0 Å². The van der Waals surface area contributed by atoms with E-state index < -0.39 is 0 Å². The fraction of sp³-hybridized carbons (Fsp3) is 0. The Morgan fingerprint density at radius 2 is 1.29 bits per heavy atom. The third kappa shape index (κ3) is 3.04. The Labute approximate surface area is 218 Å². The van der Waals surface area contributed by atoms with Crippen LogP contribution in [0.4, 0.5) is 0 Å². The summed E-state index contributed by atoms with van der Waals surface area (Å²) >= 11 is 0. The average molecular weight is 488 g/mol. The molecule has 0 bridgehead atoms. The molecule has 0 aliphatic rings. The van der Waals surface area contributed by atoms with E-state index in [9.17, 15) is 0 Å².